The average Bonchev–Trinajstić information content (AvgIpc) is 3.20. The van der Waals surface area contributed by atoms with Gasteiger partial charge in [0.25, 0.3) is 11.5 Å². The van der Waals surface area contributed by atoms with E-state index in [1.807, 2.05) is 35.2 Å². The van der Waals surface area contributed by atoms with Crippen molar-refractivity contribution in [2.24, 2.45) is 0 Å². The van der Waals surface area contributed by atoms with E-state index >= 15 is 0 Å². The summed E-state index contributed by atoms with van der Waals surface area (Å²) in [4.78, 5) is 42.0. The predicted molar refractivity (Wildman–Crippen MR) is 144 cm³/mol. The fourth-order valence-corrected chi connectivity index (χ4v) is 5.82. The highest BCUT2D eigenvalue weighted by molar-refractivity contribution is 5.77. The molecule has 2 aromatic rings. The van der Waals surface area contributed by atoms with Gasteiger partial charge >= 0.3 is 0 Å². The number of nitrogens with zero attached hydrogens (tertiary/aromatic N) is 5. The van der Waals surface area contributed by atoms with Crippen molar-refractivity contribution in [3.63, 3.8) is 0 Å². The Morgan fingerprint density at radius 2 is 1.70 bits per heavy atom. The lowest BCUT2D eigenvalue weighted by molar-refractivity contribution is -0.133. The van der Waals surface area contributed by atoms with E-state index in [-0.39, 0.29) is 18.1 Å². The zero-order valence-electron chi connectivity index (χ0n) is 21.8. The predicted octanol–water partition coefficient (Wildman–Crippen LogP) is 2.34. The van der Waals surface area contributed by atoms with Crippen LogP contribution in [0.15, 0.2) is 41.2 Å². The number of amides is 1. The molecule has 1 saturated carbocycles. The van der Waals surface area contributed by atoms with E-state index < -0.39 is 0 Å². The van der Waals surface area contributed by atoms with E-state index in [0.717, 1.165) is 50.9 Å². The largest absolute Gasteiger partial charge is 0.484 e. The first-order chi connectivity index (χ1) is 18.1. The van der Waals surface area contributed by atoms with Crippen molar-refractivity contribution in [3.8, 4) is 5.75 Å². The standard InChI is InChI=1S/C28H40N6O3/c35-26-20-23(21-31-14-16-32(17-15-31)24-8-3-1-4-9-24)29-28(30-26)34-13-7-12-33(18-19-34)27(36)22-37-25-10-5-2-6-11-25/h2,5-6,10-11,20,24H,1,3-4,7-9,12-19,21-22H2,(H,29,30,35). The number of piperazine rings is 1. The molecular formula is C28H40N6O3. The van der Waals surface area contributed by atoms with Gasteiger partial charge in [0.2, 0.25) is 5.95 Å². The van der Waals surface area contributed by atoms with Crippen molar-refractivity contribution >= 4 is 11.9 Å². The van der Waals surface area contributed by atoms with Gasteiger partial charge in [-0.25, -0.2) is 4.98 Å². The van der Waals surface area contributed by atoms with E-state index in [9.17, 15) is 9.59 Å². The Morgan fingerprint density at radius 1 is 0.919 bits per heavy atom. The lowest BCUT2D eigenvalue weighted by atomic mass is 9.94. The van der Waals surface area contributed by atoms with Crippen LogP contribution in [0.5, 0.6) is 5.75 Å². The molecule has 9 nitrogen and oxygen atoms in total. The Morgan fingerprint density at radius 3 is 2.49 bits per heavy atom. The number of para-hydroxylation sites is 1. The summed E-state index contributed by atoms with van der Waals surface area (Å²) in [6, 6.07) is 11.8. The molecule has 0 atom stereocenters. The highest BCUT2D eigenvalue weighted by Crippen LogP contribution is 2.24. The van der Waals surface area contributed by atoms with E-state index in [4.69, 9.17) is 9.72 Å². The zero-order valence-corrected chi connectivity index (χ0v) is 21.8. The Balaban J connectivity index is 1.13. The maximum absolute atomic E-state index is 12.7. The molecule has 37 heavy (non-hydrogen) atoms. The first-order valence-corrected chi connectivity index (χ1v) is 13.9. The van der Waals surface area contributed by atoms with Crippen molar-refractivity contribution in [1.29, 1.82) is 0 Å². The Bertz CT molecular complexity index is 1060. The molecule has 3 heterocycles. The third kappa shape index (κ3) is 7.11. The number of benzene rings is 1. The number of carbonyl (C=O) groups is 1. The fraction of sp³-hybridized carbons (Fsp3) is 0.607. The number of nitrogens with one attached hydrogen (secondary N) is 1. The first-order valence-electron chi connectivity index (χ1n) is 13.9. The Kier molecular flexibility index (Phi) is 8.73. The number of rotatable bonds is 7. The van der Waals surface area contributed by atoms with Gasteiger partial charge in [-0.15, -0.1) is 0 Å². The van der Waals surface area contributed by atoms with Crippen LogP contribution in [0.1, 0.15) is 44.2 Å². The minimum atomic E-state index is -0.116. The second-order valence-corrected chi connectivity index (χ2v) is 10.5. The van der Waals surface area contributed by atoms with Crippen molar-refractivity contribution in [2.45, 2.75) is 51.1 Å². The highest BCUT2D eigenvalue weighted by atomic mass is 16.5. The van der Waals surface area contributed by atoms with Gasteiger partial charge in [-0.3, -0.25) is 24.4 Å². The summed E-state index contributed by atoms with van der Waals surface area (Å²) in [6.07, 6.45) is 7.63. The van der Waals surface area contributed by atoms with Crippen LogP contribution in [0, 0.1) is 0 Å². The molecule has 3 aliphatic rings. The third-order valence-corrected chi connectivity index (χ3v) is 7.92. The molecule has 1 aromatic heterocycles. The number of H-pyrrole nitrogens is 1. The molecule has 1 amide bonds. The van der Waals surface area contributed by atoms with Crippen LogP contribution in [0.3, 0.4) is 0 Å². The quantitative estimate of drug-likeness (QED) is 0.615. The van der Waals surface area contributed by atoms with Crippen molar-refractivity contribution in [3.05, 3.63) is 52.4 Å². The summed E-state index contributed by atoms with van der Waals surface area (Å²) in [5.74, 6) is 1.28. The second kappa shape index (κ2) is 12.6. The molecule has 0 radical (unpaired) electrons. The van der Waals surface area contributed by atoms with Gasteiger partial charge in [-0.05, 0) is 31.4 Å². The molecule has 1 aliphatic carbocycles. The number of ether oxygens (including phenoxy) is 1. The van der Waals surface area contributed by atoms with E-state index in [1.54, 1.807) is 6.07 Å². The van der Waals surface area contributed by atoms with Crippen LogP contribution in [0.25, 0.3) is 0 Å². The summed E-state index contributed by atoms with van der Waals surface area (Å²) < 4.78 is 5.65. The van der Waals surface area contributed by atoms with Gasteiger partial charge in [0, 0.05) is 71.0 Å². The molecule has 200 valence electrons. The molecule has 2 saturated heterocycles. The summed E-state index contributed by atoms with van der Waals surface area (Å²) in [5, 5.41) is 0. The molecule has 1 N–H and O–H groups in total. The first kappa shape index (κ1) is 25.7. The number of hydrogen-bond donors (Lipinski definition) is 1. The molecule has 1 aromatic carbocycles. The maximum atomic E-state index is 12.7. The van der Waals surface area contributed by atoms with Crippen molar-refractivity contribution in [2.75, 3.05) is 63.9 Å². The summed E-state index contributed by atoms with van der Waals surface area (Å²) in [6.45, 7) is 7.59. The van der Waals surface area contributed by atoms with E-state index in [0.29, 0.717) is 37.9 Å². The number of anilines is 1. The lowest BCUT2D eigenvalue weighted by Crippen LogP contribution is -2.50. The van der Waals surface area contributed by atoms with Gasteiger partial charge in [-0.1, -0.05) is 37.5 Å². The molecule has 3 fully saturated rings. The number of hydrogen-bond acceptors (Lipinski definition) is 7. The van der Waals surface area contributed by atoms with Crippen LogP contribution in [0.4, 0.5) is 5.95 Å². The van der Waals surface area contributed by atoms with Gasteiger partial charge in [-0.2, -0.15) is 0 Å². The SMILES string of the molecule is O=C(COc1ccccc1)N1CCCN(c2nc(CN3CCN(C4CCCCC4)CC3)cc(=O)[nH]2)CC1. The van der Waals surface area contributed by atoms with Crippen LogP contribution in [-0.2, 0) is 11.3 Å². The summed E-state index contributed by atoms with van der Waals surface area (Å²) in [7, 11) is 0. The highest BCUT2D eigenvalue weighted by Gasteiger charge is 2.26. The average molecular weight is 509 g/mol. The Hall–Kier alpha value is -2.91. The Labute approximate surface area is 219 Å². The smallest absolute Gasteiger partial charge is 0.260 e. The molecule has 0 unspecified atom stereocenters. The zero-order chi connectivity index (χ0) is 25.5. The monoisotopic (exact) mass is 508 g/mol. The summed E-state index contributed by atoms with van der Waals surface area (Å²) >= 11 is 0. The topological polar surface area (TPSA) is 85.0 Å². The lowest BCUT2D eigenvalue weighted by Gasteiger charge is -2.40. The van der Waals surface area contributed by atoms with Crippen LogP contribution in [-0.4, -0.2) is 95.6 Å². The summed E-state index contributed by atoms with van der Waals surface area (Å²) in [5.41, 5.74) is 0.701. The molecule has 5 rings (SSSR count). The third-order valence-electron chi connectivity index (χ3n) is 7.92. The van der Waals surface area contributed by atoms with E-state index in [2.05, 4.69) is 19.7 Å². The second-order valence-electron chi connectivity index (χ2n) is 10.5. The van der Waals surface area contributed by atoms with Crippen LogP contribution in [0.2, 0.25) is 0 Å². The van der Waals surface area contributed by atoms with Crippen LogP contribution >= 0.6 is 0 Å². The molecule has 2 aliphatic heterocycles. The molecular weight excluding hydrogens is 468 g/mol. The normalized spacial score (nSPS) is 20.5. The molecule has 9 heteroatoms. The minimum absolute atomic E-state index is 0.0201. The van der Waals surface area contributed by atoms with E-state index in [1.165, 1.54) is 32.1 Å². The van der Waals surface area contributed by atoms with Crippen molar-refractivity contribution in [1.82, 2.24) is 24.7 Å². The molecule has 0 bridgehead atoms. The van der Waals surface area contributed by atoms with Crippen LogP contribution < -0.4 is 15.2 Å². The molecule has 0 spiro atoms. The maximum Gasteiger partial charge on any atom is 0.260 e. The fourth-order valence-electron chi connectivity index (χ4n) is 5.82. The van der Waals surface area contributed by atoms with Gasteiger partial charge in [0.1, 0.15) is 5.75 Å². The number of aromatic nitrogens is 2. The van der Waals surface area contributed by atoms with Gasteiger partial charge in [0.05, 0.1) is 5.69 Å². The van der Waals surface area contributed by atoms with Gasteiger partial charge < -0.3 is 14.5 Å². The minimum Gasteiger partial charge on any atom is -0.484 e. The van der Waals surface area contributed by atoms with Crippen molar-refractivity contribution < 1.29 is 9.53 Å². The number of carbonyl (C=O) groups excluding carboxylic acids is 1. The van der Waals surface area contributed by atoms with Gasteiger partial charge in [0.15, 0.2) is 6.61 Å². The number of aromatic amines is 1.